The molecule has 0 N–H and O–H groups in total. The first-order chi connectivity index (χ1) is 16.0. The molecule has 0 radical (unpaired) electrons. The third-order valence-corrected chi connectivity index (χ3v) is 5.82. The maximum absolute atomic E-state index is 11.3. The van der Waals surface area contributed by atoms with Gasteiger partial charge in [-0.1, -0.05) is 30.3 Å². The van der Waals surface area contributed by atoms with E-state index in [9.17, 15) is 10.1 Å². The fraction of sp³-hybridized carbons (Fsp3) is 0.160. The van der Waals surface area contributed by atoms with Crippen LogP contribution in [0, 0.1) is 17.0 Å². The standard InChI is InChI=1S/C25H21N5O3/c1-16-24(17-8-10-21(33-2)11-9-17)25-27-22(18-5-3-7-20(13-18)30(31)32)14-23(29(25)28-16)19-6-4-12-26-15-19/h3-13,15,23H,14H2,1-2H3. The molecule has 2 aromatic carbocycles. The molecule has 3 heterocycles. The van der Waals surface area contributed by atoms with Crippen LogP contribution in [0.15, 0.2) is 78.0 Å². The van der Waals surface area contributed by atoms with E-state index in [1.165, 1.54) is 6.07 Å². The van der Waals surface area contributed by atoms with Gasteiger partial charge < -0.3 is 4.74 Å². The van der Waals surface area contributed by atoms with Crippen molar-refractivity contribution in [1.29, 1.82) is 0 Å². The highest BCUT2D eigenvalue weighted by Crippen LogP contribution is 2.42. The number of nitro groups is 1. The number of methoxy groups -OCH3 is 1. The van der Waals surface area contributed by atoms with Crippen molar-refractivity contribution in [1.82, 2.24) is 14.8 Å². The van der Waals surface area contributed by atoms with Crippen molar-refractivity contribution in [2.75, 3.05) is 7.11 Å². The number of aryl methyl sites for hydroxylation is 1. The van der Waals surface area contributed by atoms with Gasteiger partial charge in [0.1, 0.15) is 5.75 Å². The fourth-order valence-electron chi connectivity index (χ4n) is 4.21. The zero-order valence-electron chi connectivity index (χ0n) is 18.2. The summed E-state index contributed by atoms with van der Waals surface area (Å²) in [4.78, 5) is 20.2. The van der Waals surface area contributed by atoms with E-state index in [-0.39, 0.29) is 16.7 Å². The molecular formula is C25H21N5O3. The van der Waals surface area contributed by atoms with Gasteiger partial charge in [0.2, 0.25) is 0 Å². The molecule has 1 atom stereocenters. The monoisotopic (exact) mass is 439 g/mol. The number of aliphatic imine (C=N–C) groups is 1. The molecule has 2 aromatic heterocycles. The van der Waals surface area contributed by atoms with Crippen molar-refractivity contribution >= 4 is 17.2 Å². The first kappa shape index (κ1) is 20.6. The Hall–Kier alpha value is -4.33. The molecule has 8 heteroatoms. The molecule has 33 heavy (non-hydrogen) atoms. The average Bonchev–Trinajstić information content (AvgIpc) is 3.19. The van der Waals surface area contributed by atoms with Gasteiger partial charge in [-0.3, -0.25) is 15.1 Å². The van der Waals surface area contributed by atoms with E-state index in [0.717, 1.165) is 45.2 Å². The lowest BCUT2D eigenvalue weighted by atomic mass is 9.96. The number of hydrogen-bond donors (Lipinski definition) is 0. The van der Waals surface area contributed by atoms with E-state index in [0.29, 0.717) is 6.42 Å². The fourth-order valence-corrected chi connectivity index (χ4v) is 4.21. The van der Waals surface area contributed by atoms with E-state index in [1.807, 2.05) is 60.3 Å². The van der Waals surface area contributed by atoms with E-state index in [4.69, 9.17) is 14.8 Å². The molecule has 0 saturated carbocycles. The van der Waals surface area contributed by atoms with Crippen LogP contribution in [0.25, 0.3) is 11.1 Å². The van der Waals surface area contributed by atoms with Gasteiger partial charge >= 0.3 is 0 Å². The number of nitrogens with zero attached hydrogens (tertiary/aromatic N) is 5. The summed E-state index contributed by atoms with van der Waals surface area (Å²) < 4.78 is 7.24. The zero-order chi connectivity index (χ0) is 22.9. The van der Waals surface area contributed by atoms with Crippen LogP contribution in [0.5, 0.6) is 5.75 Å². The second-order valence-corrected chi connectivity index (χ2v) is 7.83. The Morgan fingerprint density at radius 1 is 1.09 bits per heavy atom. The summed E-state index contributed by atoms with van der Waals surface area (Å²) in [6, 6.07) is 18.2. The summed E-state index contributed by atoms with van der Waals surface area (Å²) in [6.45, 7) is 1.97. The summed E-state index contributed by atoms with van der Waals surface area (Å²) in [5.41, 5.74) is 5.29. The van der Waals surface area contributed by atoms with Gasteiger partial charge in [0.25, 0.3) is 5.69 Å². The number of hydrogen-bond acceptors (Lipinski definition) is 6. The van der Waals surface area contributed by atoms with E-state index in [1.54, 1.807) is 25.4 Å². The molecule has 5 rings (SSSR count). The summed E-state index contributed by atoms with van der Waals surface area (Å²) in [5.74, 6) is 1.49. The first-order valence-corrected chi connectivity index (χ1v) is 10.5. The largest absolute Gasteiger partial charge is 0.497 e. The van der Waals surface area contributed by atoms with Crippen LogP contribution >= 0.6 is 0 Å². The van der Waals surface area contributed by atoms with Crippen LogP contribution in [0.4, 0.5) is 11.5 Å². The molecule has 0 saturated heterocycles. The van der Waals surface area contributed by atoms with Gasteiger partial charge in [0.15, 0.2) is 5.82 Å². The third-order valence-electron chi connectivity index (χ3n) is 5.82. The summed E-state index contributed by atoms with van der Waals surface area (Å²) in [6.07, 6.45) is 4.11. The van der Waals surface area contributed by atoms with Crippen LogP contribution < -0.4 is 4.74 Å². The Morgan fingerprint density at radius 2 is 1.91 bits per heavy atom. The normalized spacial score (nSPS) is 15.0. The second kappa shape index (κ2) is 8.31. The summed E-state index contributed by atoms with van der Waals surface area (Å²) >= 11 is 0. The summed E-state index contributed by atoms with van der Waals surface area (Å²) in [7, 11) is 1.64. The van der Waals surface area contributed by atoms with Crippen molar-refractivity contribution in [3.05, 3.63) is 100.0 Å². The molecule has 4 aromatic rings. The van der Waals surface area contributed by atoms with Crippen LogP contribution in [-0.4, -0.2) is 32.5 Å². The Morgan fingerprint density at radius 3 is 2.61 bits per heavy atom. The topological polar surface area (TPSA) is 95.4 Å². The van der Waals surface area contributed by atoms with Crippen molar-refractivity contribution in [2.24, 2.45) is 4.99 Å². The lowest BCUT2D eigenvalue weighted by Gasteiger charge is -2.25. The Bertz CT molecular complexity index is 1360. The number of aromatic nitrogens is 3. The zero-order valence-corrected chi connectivity index (χ0v) is 18.2. The molecule has 1 unspecified atom stereocenters. The Kier molecular flexibility index (Phi) is 5.18. The van der Waals surface area contributed by atoms with Gasteiger partial charge in [-0.05, 0) is 36.2 Å². The van der Waals surface area contributed by atoms with E-state index in [2.05, 4.69) is 4.98 Å². The first-order valence-electron chi connectivity index (χ1n) is 10.5. The second-order valence-electron chi connectivity index (χ2n) is 7.83. The molecule has 164 valence electrons. The molecule has 8 nitrogen and oxygen atoms in total. The van der Waals surface area contributed by atoms with Gasteiger partial charge in [-0.25, -0.2) is 9.67 Å². The van der Waals surface area contributed by atoms with Crippen LogP contribution in [0.3, 0.4) is 0 Å². The highest BCUT2D eigenvalue weighted by molar-refractivity contribution is 6.04. The van der Waals surface area contributed by atoms with Crippen molar-refractivity contribution < 1.29 is 9.66 Å². The van der Waals surface area contributed by atoms with Crippen LogP contribution in [0.1, 0.15) is 29.3 Å². The van der Waals surface area contributed by atoms with Crippen LogP contribution in [-0.2, 0) is 0 Å². The minimum atomic E-state index is -0.386. The van der Waals surface area contributed by atoms with Crippen molar-refractivity contribution in [3.8, 4) is 16.9 Å². The number of nitro benzene ring substituents is 1. The maximum atomic E-state index is 11.3. The van der Waals surface area contributed by atoms with E-state index >= 15 is 0 Å². The number of rotatable bonds is 5. The molecule has 1 aliphatic rings. The molecule has 0 aliphatic carbocycles. The Labute approximate surface area is 190 Å². The smallest absolute Gasteiger partial charge is 0.270 e. The van der Waals surface area contributed by atoms with Crippen molar-refractivity contribution in [2.45, 2.75) is 19.4 Å². The molecule has 0 fully saturated rings. The molecular weight excluding hydrogens is 418 g/mol. The van der Waals surface area contributed by atoms with Crippen LogP contribution in [0.2, 0.25) is 0 Å². The molecule has 1 aliphatic heterocycles. The van der Waals surface area contributed by atoms with E-state index < -0.39 is 0 Å². The van der Waals surface area contributed by atoms with Gasteiger partial charge in [-0.2, -0.15) is 5.10 Å². The number of ether oxygens (including phenoxy) is 1. The number of fused-ring (bicyclic) bond motifs is 1. The minimum absolute atomic E-state index is 0.0405. The van der Waals surface area contributed by atoms with Gasteiger partial charge in [0, 0.05) is 42.1 Å². The lowest BCUT2D eigenvalue weighted by molar-refractivity contribution is -0.384. The predicted octanol–water partition coefficient (Wildman–Crippen LogP) is 5.28. The number of pyridine rings is 1. The average molecular weight is 439 g/mol. The SMILES string of the molecule is COc1ccc(-c2c(C)nn3c2N=C(c2cccc([N+](=O)[O-])c2)CC3c2cccnc2)cc1. The summed E-state index contributed by atoms with van der Waals surface area (Å²) in [5, 5.41) is 16.2. The molecule has 0 bridgehead atoms. The Balaban J connectivity index is 1.70. The maximum Gasteiger partial charge on any atom is 0.270 e. The quantitative estimate of drug-likeness (QED) is 0.311. The third kappa shape index (κ3) is 3.76. The lowest BCUT2D eigenvalue weighted by Crippen LogP contribution is -2.21. The molecule has 0 amide bonds. The highest BCUT2D eigenvalue weighted by atomic mass is 16.6. The predicted molar refractivity (Wildman–Crippen MR) is 125 cm³/mol. The van der Waals surface area contributed by atoms with Gasteiger partial charge in [-0.15, -0.1) is 0 Å². The number of non-ortho nitro benzene ring substituents is 1. The molecule has 0 spiro atoms. The van der Waals surface area contributed by atoms with Gasteiger partial charge in [0.05, 0.1) is 29.5 Å². The number of benzene rings is 2. The highest BCUT2D eigenvalue weighted by Gasteiger charge is 2.30. The van der Waals surface area contributed by atoms with Crippen molar-refractivity contribution in [3.63, 3.8) is 0 Å². The minimum Gasteiger partial charge on any atom is -0.497 e.